The second-order valence-electron chi connectivity index (χ2n) is 12.2. The zero-order valence-corrected chi connectivity index (χ0v) is 23.1. The Bertz CT molecular complexity index is 966. The van der Waals surface area contributed by atoms with E-state index in [4.69, 9.17) is 23.7 Å². The van der Waals surface area contributed by atoms with Gasteiger partial charge in [-0.2, -0.15) is 0 Å². The second kappa shape index (κ2) is 11.7. The number of fused-ring (bicyclic) bond motifs is 5. The number of esters is 1. The minimum absolute atomic E-state index is 0.00426. The highest BCUT2D eigenvalue weighted by atomic mass is 16.6. The van der Waals surface area contributed by atoms with Gasteiger partial charge in [0.25, 0.3) is 25.9 Å². The third-order valence-corrected chi connectivity index (χ3v) is 11.1. The molecule has 0 aliphatic heterocycles. The van der Waals surface area contributed by atoms with Crippen LogP contribution in [0.1, 0.15) is 59.3 Å². The first-order valence-corrected chi connectivity index (χ1v) is 13.8. The Morgan fingerprint density at radius 3 is 2.13 bits per heavy atom. The Labute approximate surface area is 229 Å². The summed E-state index contributed by atoms with van der Waals surface area (Å²) in [6.07, 6.45) is 5.27. The van der Waals surface area contributed by atoms with E-state index >= 15 is 0 Å². The van der Waals surface area contributed by atoms with Crippen LogP contribution in [0.3, 0.4) is 0 Å². The van der Waals surface area contributed by atoms with E-state index in [1.54, 1.807) is 0 Å². The number of rotatable bonds is 11. The van der Waals surface area contributed by atoms with Crippen LogP contribution < -0.4 is 0 Å². The molecule has 0 spiro atoms. The summed E-state index contributed by atoms with van der Waals surface area (Å²) in [5, 5.41) is 0. The lowest BCUT2D eigenvalue weighted by Gasteiger charge is -2.65. The Hall–Kier alpha value is -2.91. The van der Waals surface area contributed by atoms with Gasteiger partial charge in [0.1, 0.15) is 24.4 Å². The zero-order valence-electron chi connectivity index (χ0n) is 23.1. The molecule has 0 aromatic rings. The molecule has 0 bridgehead atoms. The number of hydrogen-bond acceptors (Lipinski definition) is 10. The van der Waals surface area contributed by atoms with E-state index in [0.29, 0.717) is 45.2 Å². The number of allylic oxidation sites excluding steroid dienone is 1. The van der Waals surface area contributed by atoms with E-state index in [1.165, 1.54) is 13.2 Å². The Morgan fingerprint density at radius 1 is 0.821 bits per heavy atom. The van der Waals surface area contributed by atoms with Gasteiger partial charge >= 0.3 is 5.97 Å². The molecule has 10 nitrogen and oxygen atoms in total. The molecule has 4 aliphatic carbocycles. The number of carbonyl (C=O) groups is 5. The quantitative estimate of drug-likeness (QED) is 0.164. The predicted octanol–water partition coefficient (Wildman–Crippen LogP) is 3.01. The van der Waals surface area contributed by atoms with Gasteiger partial charge in [-0.05, 0) is 67.6 Å². The number of hydrogen-bond donors (Lipinski definition) is 0. The van der Waals surface area contributed by atoms with Crippen LogP contribution in [-0.2, 0) is 47.7 Å². The number of methoxy groups -OCH3 is 1. The first-order chi connectivity index (χ1) is 18.7. The molecule has 4 rings (SSSR count). The highest BCUT2D eigenvalue weighted by Crippen LogP contribution is 2.69. The van der Waals surface area contributed by atoms with Gasteiger partial charge in [0.2, 0.25) is 0 Å². The lowest BCUT2D eigenvalue weighted by atomic mass is 9.42. The fraction of sp³-hybridized carbons (Fsp3) is 0.759. The molecule has 0 heterocycles. The third kappa shape index (κ3) is 4.84. The lowest BCUT2D eigenvalue weighted by molar-refractivity contribution is -0.251. The van der Waals surface area contributed by atoms with Crippen molar-refractivity contribution >= 4 is 31.9 Å². The van der Waals surface area contributed by atoms with Gasteiger partial charge in [-0.25, -0.2) is 4.79 Å². The summed E-state index contributed by atoms with van der Waals surface area (Å²) >= 11 is 0. The van der Waals surface area contributed by atoms with Crippen molar-refractivity contribution in [1.29, 1.82) is 0 Å². The minimum atomic E-state index is -0.694. The summed E-state index contributed by atoms with van der Waals surface area (Å²) < 4.78 is 27.4. The summed E-state index contributed by atoms with van der Waals surface area (Å²) in [4.78, 5) is 58.3. The number of carbonyl (C=O) groups excluding carboxylic acids is 5. The van der Waals surface area contributed by atoms with Crippen LogP contribution in [0.15, 0.2) is 12.2 Å². The zero-order chi connectivity index (χ0) is 28.4. The molecule has 0 saturated heterocycles. The lowest BCUT2D eigenvalue weighted by Crippen LogP contribution is -2.67. The van der Waals surface area contributed by atoms with E-state index < -0.39 is 23.6 Å². The molecule has 4 saturated carbocycles. The molecule has 0 aromatic heterocycles. The highest BCUT2D eigenvalue weighted by molar-refractivity contribution is 5.81. The fourth-order valence-corrected chi connectivity index (χ4v) is 9.38. The topological polar surface area (TPSA) is 132 Å². The summed E-state index contributed by atoms with van der Waals surface area (Å²) in [6, 6.07) is 0. The number of ether oxygens (including phenoxy) is 5. The van der Waals surface area contributed by atoms with Crippen LogP contribution in [-0.4, -0.2) is 63.4 Å². The molecule has 0 unspecified atom stereocenters. The first-order valence-electron chi connectivity index (χ1n) is 13.8. The van der Waals surface area contributed by atoms with E-state index in [9.17, 15) is 24.0 Å². The van der Waals surface area contributed by atoms with Gasteiger partial charge in [0, 0.05) is 23.3 Å². The molecule has 4 fully saturated rings. The van der Waals surface area contributed by atoms with E-state index in [-0.39, 0.29) is 53.1 Å². The third-order valence-electron chi connectivity index (χ3n) is 11.1. The SMILES string of the molecule is COC(=O)/C=C/[C@@H](C)[C@H]1CC[C@H]2[C@@H]3[C@H](OC=O)[C@H](OC=O)[C@@H]4C[C@H](OC=O)CC[C@]4(C)[C@H]3C[C@H](OC=O)[C@]12C. The average molecular weight is 549 g/mol. The van der Waals surface area contributed by atoms with E-state index in [2.05, 4.69) is 13.8 Å². The average Bonchev–Trinajstić information content (AvgIpc) is 3.28. The molecule has 12 atom stereocenters. The minimum Gasteiger partial charge on any atom is -0.466 e. The van der Waals surface area contributed by atoms with Crippen molar-refractivity contribution < 1.29 is 47.7 Å². The standard InChI is InChI=1S/C29H40O10/c1-17(5-8-24(34)35-4)19-6-7-20-25-21(12-23(37-14-31)29(19,20)3)28(2)10-9-18(36-13-30)11-22(28)26(38-15-32)27(25)39-16-33/h5,8,13-23,25-27H,6-7,9-12H2,1-4H3/b8-5+/t17-,18-,19-,20+,21+,22+,23+,25+,26-,27+,28-,29-/m1/s1. The Kier molecular flexibility index (Phi) is 8.71. The van der Waals surface area contributed by atoms with Crippen LogP contribution in [0.4, 0.5) is 0 Å². The van der Waals surface area contributed by atoms with Crippen molar-refractivity contribution in [3.63, 3.8) is 0 Å². The van der Waals surface area contributed by atoms with E-state index in [1.807, 2.05) is 13.0 Å². The predicted molar refractivity (Wildman–Crippen MR) is 135 cm³/mol. The van der Waals surface area contributed by atoms with Gasteiger partial charge in [0.05, 0.1) is 7.11 Å². The largest absolute Gasteiger partial charge is 0.466 e. The Morgan fingerprint density at radius 2 is 1.49 bits per heavy atom. The Balaban J connectivity index is 1.78. The van der Waals surface area contributed by atoms with Crippen LogP contribution in [0.25, 0.3) is 0 Å². The molecule has 216 valence electrons. The van der Waals surface area contributed by atoms with Gasteiger partial charge in [0.15, 0.2) is 0 Å². The molecule has 0 aromatic carbocycles. The van der Waals surface area contributed by atoms with Gasteiger partial charge in [-0.15, -0.1) is 0 Å². The first kappa shape index (κ1) is 29.1. The second-order valence-corrected chi connectivity index (χ2v) is 12.2. The van der Waals surface area contributed by atoms with Crippen LogP contribution in [0.5, 0.6) is 0 Å². The summed E-state index contributed by atoms with van der Waals surface area (Å²) in [5.74, 6) is -0.693. The molecule has 0 amide bonds. The molecular weight excluding hydrogens is 508 g/mol. The van der Waals surface area contributed by atoms with E-state index in [0.717, 1.165) is 19.3 Å². The molecular formula is C29H40O10. The van der Waals surface area contributed by atoms with Gasteiger partial charge < -0.3 is 23.7 Å². The maximum Gasteiger partial charge on any atom is 0.330 e. The van der Waals surface area contributed by atoms with Crippen LogP contribution in [0.2, 0.25) is 0 Å². The molecule has 4 aliphatic rings. The van der Waals surface area contributed by atoms with Crippen LogP contribution in [0, 0.1) is 46.3 Å². The van der Waals surface area contributed by atoms with Crippen molar-refractivity contribution in [3.8, 4) is 0 Å². The smallest absolute Gasteiger partial charge is 0.330 e. The van der Waals surface area contributed by atoms with Crippen molar-refractivity contribution in [2.24, 2.45) is 46.3 Å². The fourth-order valence-electron chi connectivity index (χ4n) is 9.38. The summed E-state index contributed by atoms with van der Waals surface area (Å²) in [7, 11) is 1.33. The van der Waals surface area contributed by atoms with Crippen LogP contribution >= 0.6 is 0 Å². The maximum absolute atomic E-state index is 11.8. The van der Waals surface area contributed by atoms with Crippen molar-refractivity contribution in [1.82, 2.24) is 0 Å². The van der Waals surface area contributed by atoms with Crippen molar-refractivity contribution in [3.05, 3.63) is 12.2 Å². The summed E-state index contributed by atoms with van der Waals surface area (Å²) in [5.41, 5.74) is -0.802. The molecule has 0 N–H and O–H groups in total. The normalized spacial score (nSPS) is 43.5. The van der Waals surface area contributed by atoms with Crippen molar-refractivity contribution in [2.75, 3.05) is 7.11 Å². The molecule has 39 heavy (non-hydrogen) atoms. The molecule has 0 radical (unpaired) electrons. The van der Waals surface area contributed by atoms with Gasteiger partial charge in [-0.3, -0.25) is 19.2 Å². The monoisotopic (exact) mass is 548 g/mol. The summed E-state index contributed by atoms with van der Waals surface area (Å²) in [6.45, 7) is 8.17. The van der Waals surface area contributed by atoms with Crippen molar-refractivity contribution in [2.45, 2.75) is 83.7 Å². The maximum atomic E-state index is 11.8. The molecule has 10 heteroatoms. The van der Waals surface area contributed by atoms with Gasteiger partial charge in [-0.1, -0.05) is 26.8 Å². The highest BCUT2D eigenvalue weighted by Gasteiger charge is 2.70.